The number of carbonyl (C=O) groups is 1. The first-order valence-corrected chi connectivity index (χ1v) is 10.3. The quantitative estimate of drug-likeness (QED) is 0.380. The van der Waals surface area contributed by atoms with Crippen LogP contribution in [0.4, 0.5) is 5.69 Å². The Kier molecular flexibility index (Phi) is 4.58. The van der Waals surface area contributed by atoms with E-state index < -0.39 is 0 Å². The Balaban J connectivity index is 1.49. The van der Waals surface area contributed by atoms with E-state index in [1.54, 1.807) is 6.20 Å². The lowest BCUT2D eigenvalue weighted by Crippen LogP contribution is -2.01. The molecule has 3 heterocycles. The van der Waals surface area contributed by atoms with Gasteiger partial charge in [-0.2, -0.15) is 0 Å². The molecule has 0 amide bonds. The van der Waals surface area contributed by atoms with Crippen molar-refractivity contribution in [3.05, 3.63) is 102 Å². The van der Waals surface area contributed by atoms with Crippen LogP contribution in [0.25, 0.3) is 32.7 Å². The Morgan fingerprint density at radius 3 is 2.23 bits per heavy atom. The van der Waals surface area contributed by atoms with Crippen molar-refractivity contribution in [2.75, 3.05) is 5.73 Å². The predicted octanol–water partition coefficient (Wildman–Crippen LogP) is 5.84. The minimum absolute atomic E-state index is 0.0884. The molecule has 0 fully saturated rings. The van der Waals surface area contributed by atoms with Gasteiger partial charge in [-0.25, -0.2) is 4.98 Å². The number of nitrogens with two attached hydrogens (primary N) is 1. The van der Waals surface area contributed by atoms with E-state index in [9.17, 15) is 4.79 Å². The van der Waals surface area contributed by atoms with E-state index in [1.165, 1.54) is 11.3 Å². The molecule has 0 spiro atoms. The molecule has 5 rings (SSSR count). The Morgan fingerprint density at radius 2 is 1.50 bits per heavy atom. The molecule has 2 N–H and O–H groups in total. The van der Waals surface area contributed by atoms with Gasteiger partial charge in [0.1, 0.15) is 9.71 Å². The summed E-state index contributed by atoms with van der Waals surface area (Å²) in [7, 11) is 0. The van der Waals surface area contributed by atoms with Crippen molar-refractivity contribution < 1.29 is 4.79 Å². The molecule has 0 aliphatic carbocycles. The Morgan fingerprint density at radius 1 is 0.767 bits per heavy atom. The third kappa shape index (κ3) is 3.25. The smallest absolute Gasteiger partial charge is 0.205 e. The van der Waals surface area contributed by atoms with Crippen LogP contribution >= 0.6 is 11.3 Å². The molecule has 0 saturated carbocycles. The number of aromatic nitrogens is 2. The minimum atomic E-state index is -0.0884. The first-order valence-electron chi connectivity index (χ1n) is 9.51. The van der Waals surface area contributed by atoms with Gasteiger partial charge in [0.05, 0.1) is 17.1 Å². The average Bonchev–Trinajstić information content (AvgIpc) is 3.15. The van der Waals surface area contributed by atoms with Crippen molar-refractivity contribution in [3.63, 3.8) is 0 Å². The highest BCUT2D eigenvalue weighted by Gasteiger charge is 2.19. The molecular formula is C25H17N3OS. The topological polar surface area (TPSA) is 68.9 Å². The number of benzene rings is 2. The fraction of sp³-hybridized carbons (Fsp3) is 0. The number of fused-ring (bicyclic) bond motifs is 1. The van der Waals surface area contributed by atoms with E-state index in [0.717, 1.165) is 32.7 Å². The second-order valence-electron chi connectivity index (χ2n) is 6.88. The second-order valence-corrected chi connectivity index (χ2v) is 7.88. The molecule has 0 aliphatic heterocycles. The maximum absolute atomic E-state index is 13.1. The van der Waals surface area contributed by atoms with E-state index in [2.05, 4.69) is 9.97 Å². The number of ketones is 1. The van der Waals surface area contributed by atoms with Crippen LogP contribution in [0.5, 0.6) is 0 Å². The van der Waals surface area contributed by atoms with Crippen LogP contribution in [0, 0.1) is 0 Å². The number of carbonyl (C=O) groups excluding carboxylic acids is 1. The number of thiophene rings is 1. The molecule has 0 aliphatic rings. The fourth-order valence-electron chi connectivity index (χ4n) is 3.40. The molecule has 4 nitrogen and oxygen atoms in total. The zero-order valence-corrected chi connectivity index (χ0v) is 16.8. The number of pyridine rings is 2. The first kappa shape index (κ1) is 18.2. The Hall–Kier alpha value is -3.83. The van der Waals surface area contributed by atoms with E-state index in [4.69, 9.17) is 5.73 Å². The summed E-state index contributed by atoms with van der Waals surface area (Å²) in [5.74, 6) is -0.0884. The average molecular weight is 407 g/mol. The lowest BCUT2D eigenvalue weighted by molar-refractivity contribution is 0.104. The Bertz CT molecular complexity index is 1340. The van der Waals surface area contributed by atoms with Gasteiger partial charge in [0, 0.05) is 17.1 Å². The summed E-state index contributed by atoms with van der Waals surface area (Å²) in [6.07, 6.45) is 1.73. The highest BCUT2D eigenvalue weighted by molar-refractivity contribution is 7.21. The summed E-state index contributed by atoms with van der Waals surface area (Å²) < 4.78 is 0. The largest absolute Gasteiger partial charge is 0.397 e. The van der Waals surface area contributed by atoms with Crippen LogP contribution in [-0.4, -0.2) is 15.8 Å². The minimum Gasteiger partial charge on any atom is -0.397 e. The highest BCUT2D eigenvalue weighted by Crippen LogP contribution is 2.35. The predicted molar refractivity (Wildman–Crippen MR) is 123 cm³/mol. The lowest BCUT2D eigenvalue weighted by Gasteiger charge is -2.04. The van der Waals surface area contributed by atoms with Crippen molar-refractivity contribution in [2.45, 2.75) is 0 Å². The number of anilines is 1. The third-order valence-electron chi connectivity index (χ3n) is 4.98. The molecule has 5 heteroatoms. The van der Waals surface area contributed by atoms with Crippen molar-refractivity contribution in [1.82, 2.24) is 9.97 Å². The van der Waals surface area contributed by atoms with Gasteiger partial charge in [-0.05, 0) is 35.4 Å². The zero-order chi connectivity index (χ0) is 20.5. The monoisotopic (exact) mass is 407 g/mol. The molecule has 0 bridgehead atoms. The first-order chi connectivity index (χ1) is 14.7. The van der Waals surface area contributed by atoms with E-state index in [0.29, 0.717) is 16.1 Å². The third-order valence-corrected chi connectivity index (χ3v) is 6.10. The molecule has 0 unspecified atom stereocenters. The van der Waals surface area contributed by atoms with Gasteiger partial charge >= 0.3 is 0 Å². The molecule has 0 saturated heterocycles. The maximum Gasteiger partial charge on any atom is 0.205 e. The maximum atomic E-state index is 13.1. The van der Waals surface area contributed by atoms with Gasteiger partial charge in [0.25, 0.3) is 0 Å². The van der Waals surface area contributed by atoms with Crippen LogP contribution in [0.2, 0.25) is 0 Å². The molecule has 0 radical (unpaired) electrons. The summed E-state index contributed by atoms with van der Waals surface area (Å²) >= 11 is 1.32. The van der Waals surface area contributed by atoms with Crippen LogP contribution < -0.4 is 5.73 Å². The Labute approximate surface area is 177 Å². The summed E-state index contributed by atoms with van der Waals surface area (Å²) in [6, 6.07) is 27.2. The normalized spacial score (nSPS) is 10.9. The van der Waals surface area contributed by atoms with E-state index in [-0.39, 0.29) is 5.78 Å². The highest BCUT2D eigenvalue weighted by atomic mass is 32.1. The molecule has 2 aromatic carbocycles. The summed E-state index contributed by atoms with van der Waals surface area (Å²) in [5.41, 5.74) is 11.1. The number of hydrogen-bond donors (Lipinski definition) is 1. The van der Waals surface area contributed by atoms with Crippen LogP contribution in [0.3, 0.4) is 0 Å². The van der Waals surface area contributed by atoms with Crippen molar-refractivity contribution in [3.8, 4) is 22.5 Å². The number of rotatable bonds is 4. The van der Waals surface area contributed by atoms with Crippen molar-refractivity contribution >= 4 is 33.0 Å². The number of hydrogen-bond acceptors (Lipinski definition) is 5. The standard InChI is InChI=1S/C25H17N3OS/c26-22-19-13-14-21(20-8-4-5-15-27-20)28-25(19)30-24(22)23(29)18-11-9-17(10-12-18)16-6-2-1-3-7-16/h1-15H,26H2. The summed E-state index contributed by atoms with van der Waals surface area (Å²) in [6.45, 7) is 0. The van der Waals surface area contributed by atoms with Crippen molar-refractivity contribution in [2.24, 2.45) is 0 Å². The van der Waals surface area contributed by atoms with Crippen LogP contribution in [0.15, 0.2) is 91.1 Å². The molecule has 0 atom stereocenters. The summed E-state index contributed by atoms with van der Waals surface area (Å²) in [4.78, 5) is 23.4. The second kappa shape index (κ2) is 7.54. The van der Waals surface area contributed by atoms with Gasteiger partial charge < -0.3 is 5.73 Å². The summed E-state index contributed by atoms with van der Waals surface area (Å²) in [5, 5.41) is 0.795. The molecule has 30 heavy (non-hydrogen) atoms. The van der Waals surface area contributed by atoms with Crippen LogP contribution in [0.1, 0.15) is 15.2 Å². The van der Waals surface area contributed by atoms with Gasteiger partial charge in [0.15, 0.2) is 0 Å². The van der Waals surface area contributed by atoms with Gasteiger partial charge in [-0.3, -0.25) is 9.78 Å². The van der Waals surface area contributed by atoms with Crippen LogP contribution in [-0.2, 0) is 0 Å². The van der Waals surface area contributed by atoms with Crippen molar-refractivity contribution in [1.29, 1.82) is 0 Å². The SMILES string of the molecule is Nc1c(C(=O)c2ccc(-c3ccccc3)cc2)sc2nc(-c3ccccn3)ccc12. The fourth-order valence-corrected chi connectivity index (χ4v) is 4.45. The number of nitrogen functional groups attached to an aromatic ring is 1. The lowest BCUT2D eigenvalue weighted by atomic mass is 10.0. The van der Waals surface area contributed by atoms with Gasteiger partial charge in [0.2, 0.25) is 5.78 Å². The zero-order valence-electron chi connectivity index (χ0n) is 15.9. The molecule has 144 valence electrons. The van der Waals surface area contributed by atoms with E-state index >= 15 is 0 Å². The molecule has 3 aromatic heterocycles. The van der Waals surface area contributed by atoms with E-state index in [1.807, 2.05) is 84.9 Å². The number of nitrogens with zero attached hydrogens (tertiary/aromatic N) is 2. The molecular weight excluding hydrogens is 390 g/mol. The molecule has 5 aromatic rings. The van der Waals surface area contributed by atoms with Gasteiger partial charge in [-0.1, -0.05) is 60.7 Å². The van der Waals surface area contributed by atoms with Gasteiger partial charge in [-0.15, -0.1) is 11.3 Å².